The highest BCUT2D eigenvalue weighted by Gasteiger charge is 2.09. The van der Waals surface area contributed by atoms with Crippen molar-refractivity contribution in [1.82, 2.24) is 0 Å². The van der Waals surface area contributed by atoms with Crippen LogP contribution in [0.15, 0.2) is 22.7 Å². The summed E-state index contributed by atoms with van der Waals surface area (Å²) in [5.41, 5.74) is 9.59. The third kappa shape index (κ3) is 2.37. The van der Waals surface area contributed by atoms with Crippen molar-refractivity contribution < 1.29 is 4.70 Å². The Morgan fingerprint density at radius 3 is 2.38 bits per heavy atom. The Balaban J connectivity index is 3.13. The molecule has 0 aliphatic heterocycles. The number of rotatable bonds is 2. The molecule has 1 rings (SSSR count). The van der Waals surface area contributed by atoms with Crippen molar-refractivity contribution in [2.75, 3.05) is 7.05 Å². The van der Waals surface area contributed by atoms with Gasteiger partial charge in [-0.25, -0.2) is 0 Å². The summed E-state index contributed by atoms with van der Waals surface area (Å²) in [7, 11) is 1.72. The fourth-order valence-corrected chi connectivity index (χ4v) is 2.02. The quantitative estimate of drug-likeness (QED) is 0.602. The molecule has 1 aromatic rings. The van der Waals surface area contributed by atoms with E-state index in [0.29, 0.717) is 5.92 Å². The van der Waals surface area contributed by atoms with E-state index in [1.54, 1.807) is 7.05 Å². The fourth-order valence-electron chi connectivity index (χ4n) is 1.19. The molecule has 0 fully saturated rings. The maximum atomic E-state index is 7.41. The van der Waals surface area contributed by atoms with Crippen LogP contribution in [0.4, 0.5) is 5.69 Å². The highest BCUT2D eigenvalue weighted by atomic mass is 79.9. The molecule has 1 aromatic carbocycles. The van der Waals surface area contributed by atoms with Crippen molar-refractivity contribution in [3.8, 4) is 0 Å². The summed E-state index contributed by atoms with van der Waals surface area (Å²) in [6.07, 6.45) is 0. The minimum Gasteiger partial charge on any atom is -0.0944 e. The van der Waals surface area contributed by atoms with E-state index >= 15 is 0 Å². The average Bonchev–Trinajstić information content (AvgIpc) is 2.03. The van der Waals surface area contributed by atoms with Gasteiger partial charge in [0.1, 0.15) is 0 Å². The summed E-state index contributed by atoms with van der Waals surface area (Å²) in [6, 6.07) is 6.00. The molecule has 2 nitrogen and oxygen atoms in total. The Hall–Kier alpha value is -0.700. The van der Waals surface area contributed by atoms with Crippen LogP contribution in [0.25, 0.3) is 0 Å². The Morgan fingerprint density at radius 2 is 2.00 bits per heavy atom. The predicted molar refractivity (Wildman–Crippen MR) is 56.8 cm³/mol. The lowest BCUT2D eigenvalue weighted by atomic mass is 10.0. The molecule has 3 heteroatoms. The molecule has 0 spiro atoms. The Kier molecular flexibility index (Phi) is 3.20. The first-order chi connectivity index (χ1) is 6.02. The van der Waals surface area contributed by atoms with Crippen LogP contribution in [-0.4, -0.2) is 11.7 Å². The Labute approximate surface area is 87.2 Å². The second kappa shape index (κ2) is 4.01. The van der Waals surface area contributed by atoms with Gasteiger partial charge in [-0.05, 0) is 11.5 Å². The minimum absolute atomic E-state index is 0.513. The zero-order valence-electron chi connectivity index (χ0n) is 8.13. The van der Waals surface area contributed by atoms with Crippen molar-refractivity contribution in [2.45, 2.75) is 19.8 Å². The number of nitrogens with zero attached hydrogens (tertiary/aromatic N) is 1. The second-order valence-corrected chi connectivity index (χ2v) is 4.27. The van der Waals surface area contributed by atoms with E-state index in [1.807, 2.05) is 12.1 Å². The van der Waals surface area contributed by atoms with Crippen molar-refractivity contribution in [2.24, 2.45) is 0 Å². The molecule has 0 saturated heterocycles. The van der Waals surface area contributed by atoms with Crippen LogP contribution in [-0.2, 0) is 0 Å². The molecule has 0 atom stereocenters. The number of benzene rings is 1. The topological polar surface area (TPSA) is 26.9 Å². The van der Waals surface area contributed by atoms with Gasteiger partial charge in [0.25, 0.3) is 0 Å². The van der Waals surface area contributed by atoms with E-state index in [-0.39, 0.29) is 0 Å². The van der Waals surface area contributed by atoms with Crippen molar-refractivity contribution in [1.29, 1.82) is 5.53 Å². The first-order valence-corrected chi connectivity index (χ1v) is 5.06. The van der Waals surface area contributed by atoms with E-state index < -0.39 is 0 Å². The summed E-state index contributed by atoms with van der Waals surface area (Å²) in [5, 5.41) is 0. The van der Waals surface area contributed by atoms with Crippen molar-refractivity contribution >= 4 is 21.6 Å². The van der Waals surface area contributed by atoms with Gasteiger partial charge >= 0.3 is 0 Å². The van der Waals surface area contributed by atoms with E-state index in [4.69, 9.17) is 5.53 Å². The maximum absolute atomic E-state index is 7.41. The van der Waals surface area contributed by atoms with Gasteiger partial charge in [0.2, 0.25) is 5.69 Å². The van der Waals surface area contributed by atoms with E-state index in [9.17, 15) is 0 Å². The first-order valence-electron chi connectivity index (χ1n) is 4.26. The summed E-state index contributed by atoms with van der Waals surface area (Å²) < 4.78 is 2.44. The second-order valence-electron chi connectivity index (χ2n) is 3.42. The third-order valence-electron chi connectivity index (χ3n) is 1.99. The minimum atomic E-state index is 0.513. The molecule has 13 heavy (non-hydrogen) atoms. The van der Waals surface area contributed by atoms with Crippen LogP contribution < -0.4 is 0 Å². The fraction of sp³-hybridized carbons (Fsp3) is 0.400. The smallest absolute Gasteiger partial charge is 0.0944 e. The lowest BCUT2D eigenvalue weighted by Gasteiger charge is -2.07. The highest BCUT2D eigenvalue weighted by molar-refractivity contribution is 9.10. The number of hydrogen-bond donors (Lipinski definition) is 1. The van der Waals surface area contributed by atoms with Gasteiger partial charge in [0, 0.05) is 16.6 Å². The summed E-state index contributed by atoms with van der Waals surface area (Å²) in [6.45, 7) is 4.31. The van der Waals surface area contributed by atoms with Gasteiger partial charge in [-0.3, -0.25) is 0 Å². The SMILES string of the molecule is CC(C)c1ccc([N+](C)=N)cc1Br. The van der Waals surface area contributed by atoms with Crippen molar-refractivity contribution in [3.05, 3.63) is 28.2 Å². The third-order valence-corrected chi connectivity index (χ3v) is 2.68. The Bertz CT molecular complexity index is 332. The van der Waals surface area contributed by atoms with Crippen LogP contribution in [0, 0.1) is 5.53 Å². The standard InChI is InChI=1S/C10H14BrN2/c1-7(2)9-5-4-8(13(3)12)6-10(9)11/h4-7,12H,1-3H3/q+1. The van der Waals surface area contributed by atoms with Gasteiger partial charge in [-0.15, -0.1) is 0 Å². The molecule has 0 radical (unpaired) electrons. The monoisotopic (exact) mass is 241 g/mol. The molecule has 0 aromatic heterocycles. The molecule has 0 bridgehead atoms. The lowest BCUT2D eigenvalue weighted by molar-refractivity contribution is -0.505. The molecule has 0 unspecified atom stereocenters. The molecule has 0 heterocycles. The van der Waals surface area contributed by atoms with Gasteiger partial charge in [-0.2, -0.15) is 0 Å². The van der Waals surface area contributed by atoms with Crippen LogP contribution in [0.1, 0.15) is 25.3 Å². The molecular formula is C10H14BrN2+. The summed E-state index contributed by atoms with van der Waals surface area (Å²) in [5.74, 6) is 0.513. The highest BCUT2D eigenvalue weighted by Crippen LogP contribution is 2.27. The molecule has 0 amide bonds. The molecule has 0 saturated carbocycles. The zero-order valence-corrected chi connectivity index (χ0v) is 9.72. The summed E-state index contributed by atoms with van der Waals surface area (Å²) >= 11 is 3.51. The molecule has 70 valence electrons. The zero-order chi connectivity index (χ0) is 10.0. The number of halogens is 1. The average molecular weight is 242 g/mol. The van der Waals surface area contributed by atoms with Crippen LogP contribution in [0.5, 0.6) is 0 Å². The van der Waals surface area contributed by atoms with Gasteiger partial charge < -0.3 is 0 Å². The Morgan fingerprint density at radius 1 is 1.38 bits per heavy atom. The van der Waals surface area contributed by atoms with Gasteiger partial charge in [0.05, 0.1) is 0 Å². The van der Waals surface area contributed by atoms with E-state index in [0.717, 1.165) is 10.2 Å². The van der Waals surface area contributed by atoms with Crippen LogP contribution >= 0.6 is 15.9 Å². The molecule has 0 aliphatic carbocycles. The van der Waals surface area contributed by atoms with Crippen LogP contribution in [0.3, 0.4) is 0 Å². The number of nitrogens with one attached hydrogen (secondary N) is 1. The normalized spacial score (nSPS) is 10.5. The predicted octanol–water partition coefficient (Wildman–Crippen LogP) is 3.88. The number of hydrogen-bond acceptors (Lipinski definition) is 1. The van der Waals surface area contributed by atoms with Gasteiger partial charge in [0.15, 0.2) is 7.05 Å². The van der Waals surface area contributed by atoms with E-state index in [1.165, 1.54) is 10.3 Å². The maximum Gasteiger partial charge on any atom is 0.232 e. The molecule has 0 aliphatic rings. The largest absolute Gasteiger partial charge is 0.232 e. The summed E-state index contributed by atoms with van der Waals surface area (Å²) in [4.78, 5) is 0. The van der Waals surface area contributed by atoms with Crippen molar-refractivity contribution in [3.63, 3.8) is 0 Å². The molecular weight excluding hydrogens is 228 g/mol. The van der Waals surface area contributed by atoms with Gasteiger partial charge in [-0.1, -0.05) is 46.1 Å². The molecule has 1 N–H and O–H groups in total. The van der Waals surface area contributed by atoms with Crippen LogP contribution in [0.2, 0.25) is 0 Å². The lowest BCUT2D eigenvalue weighted by Crippen LogP contribution is -1.93. The van der Waals surface area contributed by atoms with E-state index in [2.05, 4.69) is 35.8 Å². The first kappa shape index (κ1) is 10.4.